The SMILES string of the molecule is CS(=O)(=O)c1ccc(OCC(O)CN2CCNCC2)cc1. The van der Waals surface area contributed by atoms with E-state index in [0.29, 0.717) is 12.3 Å². The van der Waals surface area contributed by atoms with Crippen LogP contribution in [-0.4, -0.2) is 70.1 Å². The number of benzene rings is 1. The van der Waals surface area contributed by atoms with Crippen LogP contribution in [0.4, 0.5) is 0 Å². The molecule has 0 amide bonds. The van der Waals surface area contributed by atoms with Crippen LogP contribution in [0.15, 0.2) is 29.2 Å². The van der Waals surface area contributed by atoms with Crippen molar-refractivity contribution in [1.82, 2.24) is 10.2 Å². The highest BCUT2D eigenvalue weighted by molar-refractivity contribution is 7.90. The second-order valence-electron chi connectivity index (χ2n) is 5.26. The van der Waals surface area contributed by atoms with E-state index in [-0.39, 0.29) is 11.5 Å². The van der Waals surface area contributed by atoms with Gasteiger partial charge in [-0.15, -0.1) is 0 Å². The normalized spacial score (nSPS) is 18.4. The lowest BCUT2D eigenvalue weighted by atomic mass is 10.3. The molecule has 1 saturated heterocycles. The Morgan fingerprint density at radius 1 is 1.29 bits per heavy atom. The van der Waals surface area contributed by atoms with Crippen LogP contribution in [0.25, 0.3) is 0 Å². The Kier molecular flexibility index (Phi) is 5.58. The molecular formula is C14H22N2O4S. The maximum atomic E-state index is 11.3. The first kappa shape index (κ1) is 16.2. The molecule has 6 nitrogen and oxygen atoms in total. The fourth-order valence-electron chi connectivity index (χ4n) is 2.22. The molecule has 1 aliphatic heterocycles. The molecule has 1 heterocycles. The summed E-state index contributed by atoms with van der Waals surface area (Å²) in [7, 11) is -3.19. The molecule has 0 bridgehead atoms. The molecular weight excluding hydrogens is 292 g/mol. The minimum absolute atomic E-state index is 0.197. The molecule has 0 aromatic heterocycles. The van der Waals surface area contributed by atoms with Crippen LogP contribution in [-0.2, 0) is 9.84 Å². The number of piperazine rings is 1. The van der Waals surface area contributed by atoms with Crippen molar-refractivity contribution >= 4 is 9.84 Å². The van der Waals surface area contributed by atoms with Crippen LogP contribution >= 0.6 is 0 Å². The molecule has 21 heavy (non-hydrogen) atoms. The van der Waals surface area contributed by atoms with Crippen molar-refractivity contribution in [2.24, 2.45) is 0 Å². The van der Waals surface area contributed by atoms with E-state index in [1.54, 1.807) is 12.1 Å². The molecule has 1 aliphatic rings. The summed E-state index contributed by atoms with van der Waals surface area (Å²) >= 11 is 0. The maximum absolute atomic E-state index is 11.3. The average Bonchev–Trinajstić information content (AvgIpc) is 2.46. The zero-order valence-electron chi connectivity index (χ0n) is 12.2. The van der Waals surface area contributed by atoms with E-state index in [1.807, 2.05) is 0 Å². The molecule has 0 radical (unpaired) electrons. The molecule has 1 aromatic carbocycles. The summed E-state index contributed by atoms with van der Waals surface area (Å²) < 4.78 is 28.2. The summed E-state index contributed by atoms with van der Waals surface area (Å²) in [4.78, 5) is 2.45. The molecule has 0 aliphatic carbocycles. The van der Waals surface area contributed by atoms with Crippen molar-refractivity contribution in [3.8, 4) is 5.75 Å². The Bertz CT molecular complexity index is 539. The fraction of sp³-hybridized carbons (Fsp3) is 0.571. The second-order valence-corrected chi connectivity index (χ2v) is 7.27. The third-order valence-corrected chi connectivity index (χ3v) is 4.50. The number of ether oxygens (including phenoxy) is 1. The van der Waals surface area contributed by atoms with Crippen molar-refractivity contribution in [2.45, 2.75) is 11.0 Å². The van der Waals surface area contributed by atoms with Crippen LogP contribution in [0.3, 0.4) is 0 Å². The van der Waals surface area contributed by atoms with Gasteiger partial charge in [-0.1, -0.05) is 0 Å². The van der Waals surface area contributed by atoms with E-state index in [4.69, 9.17) is 4.74 Å². The van der Waals surface area contributed by atoms with Gasteiger partial charge in [-0.25, -0.2) is 8.42 Å². The van der Waals surface area contributed by atoms with E-state index in [1.165, 1.54) is 18.4 Å². The molecule has 2 rings (SSSR count). The predicted molar refractivity (Wildman–Crippen MR) is 80.4 cm³/mol. The topological polar surface area (TPSA) is 78.9 Å². The zero-order valence-corrected chi connectivity index (χ0v) is 13.0. The Morgan fingerprint density at radius 2 is 1.90 bits per heavy atom. The van der Waals surface area contributed by atoms with E-state index in [9.17, 15) is 13.5 Å². The summed E-state index contributed by atoms with van der Waals surface area (Å²) in [6.45, 7) is 4.53. The van der Waals surface area contributed by atoms with Gasteiger partial charge in [-0.3, -0.25) is 4.90 Å². The lowest BCUT2D eigenvalue weighted by Gasteiger charge is -2.29. The van der Waals surface area contributed by atoms with Gasteiger partial charge in [-0.2, -0.15) is 0 Å². The third-order valence-electron chi connectivity index (χ3n) is 3.37. The molecule has 7 heteroatoms. The predicted octanol–water partition coefficient (Wildman–Crippen LogP) is -0.265. The zero-order chi connectivity index (χ0) is 15.3. The van der Waals surface area contributed by atoms with E-state index in [0.717, 1.165) is 26.2 Å². The first-order valence-corrected chi connectivity index (χ1v) is 8.88. The number of rotatable bonds is 6. The first-order valence-electron chi connectivity index (χ1n) is 6.99. The van der Waals surface area contributed by atoms with Gasteiger partial charge in [-0.05, 0) is 24.3 Å². The minimum Gasteiger partial charge on any atom is -0.491 e. The van der Waals surface area contributed by atoms with Crippen LogP contribution in [0.1, 0.15) is 0 Å². The van der Waals surface area contributed by atoms with Gasteiger partial charge in [0, 0.05) is 39.0 Å². The first-order chi connectivity index (χ1) is 9.95. The van der Waals surface area contributed by atoms with E-state index in [2.05, 4.69) is 10.2 Å². The van der Waals surface area contributed by atoms with Crippen molar-refractivity contribution in [2.75, 3.05) is 45.6 Å². The van der Waals surface area contributed by atoms with Crippen molar-refractivity contribution in [1.29, 1.82) is 0 Å². The number of nitrogens with one attached hydrogen (secondary N) is 1. The average molecular weight is 314 g/mol. The van der Waals surface area contributed by atoms with Gasteiger partial charge in [0.25, 0.3) is 0 Å². The molecule has 1 aromatic rings. The van der Waals surface area contributed by atoms with Crippen molar-refractivity contribution < 1.29 is 18.3 Å². The lowest BCUT2D eigenvalue weighted by molar-refractivity contribution is 0.0641. The van der Waals surface area contributed by atoms with Gasteiger partial charge in [0.05, 0.1) is 4.90 Å². The molecule has 0 saturated carbocycles. The second kappa shape index (κ2) is 7.22. The summed E-state index contributed by atoms with van der Waals surface area (Å²) in [6, 6.07) is 6.22. The molecule has 1 unspecified atom stereocenters. The van der Waals surface area contributed by atoms with Gasteiger partial charge in [0.1, 0.15) is 18.5 Å². The quantitative estimate of drug-likeness (QED) is 0.753. The van der Waals surface area contributed by atoms with E-state index < -0.39 is 15.9 Å². The molecule has 0 spiro atoms. The summed E-state index contributed by atoms with van der Waals surface area (Å²) in [6.07, 6.45) is 0.609. The Hall–Kier alpha value is -1.15. The van der Waals surface area contributed by atoms with Crippen molar-refractivity contribution in [3.05, 3.63) is 24.3 Å². The highest BCUT2D eigenvalue weighted by atomic mass is 32.2. The van der Waals surface area contributed by atoms with Gasteiger partial charge in [0.2, 0.25) is 0 Å². The number of aliphatic hydroxyl groups is 1. The van der Waals surface area contributed by atoms with Crippen LogP contribution < -0.4 is 10.1 Å². The van der Waals surface area contributed by atoms with Gasteiger partial charge >= 0.3 is 0 Å². The highest BCUT2D eigenvalue weighted by Gasteiger charge is 2.15. The largest absolute Gasteiger partial charge is 0.491 e. The number of hydrogen-bond donors (Lipinski definition) is 2. The standard InChI is InChI=1S/C14H22N2O4S/c1-21(18,19)14-4-2-13(3-5-14)20-11-12(17)10-16-8-6-15-7-9-16/h2-5,12,15,17H,6-11H2,1H3. The maximum Gasteiger partial charge on any atom is 0.175 e. The monoisotopic (exact) mass is 314 g/mol. The smallest absolute Gasteiger partial charge is 0.175 e. The molecule has 2 N–H and O–H groups in total. The lowest BCUT2D eigenvalue weighted by Crippen LogP contribution is -2.47. The van der Waals surface area contributed by atoms with Crippen LogP contribution in [0.5, 0.6) is 5.75 Å². The van der Waals surface area contributed by atoms with Gasteiger partial charge in [0.15, 0.2) is 9.84 Å². The summed E-state index contributed by atoms with van der Waals surface area (Å²) in [5.74, 6) is 0.557. The summed E-state index contributed by atoms with van der Waals surface area (Å²) in [5.41, 5.74) is 0. The van der Waals surface area contributed by atoms with Crippen molar-refractivity contribution in [3.63, 3.8) is 0 Å². The Balaban J connectivity index is 1.79. The number of aliphatic hydroxyl groups excluding tert-OH is 1. The fourth-order valence-corrected chi connectivity index (χ4v) is 2.85. The van der Waals surface area contributed by atoms with E-state index >= 15 is 0 Å². The van der Waals surface area contributed by atoms with Crippen LogP contribution in [0.2, 0.25) is 0 Å². The number of nitrogens with zero attached hydrogens (tertiary/aromatic N) is 1. The number of sulfone groups is 1. The van der Waals surface area contributed by atoms with Crippen LogP contribution in [0, 0.1) is 0 Å². The molecule has 118 valence electrons. The van der Waals surface area contributed by atoms with Gasteiger partial charge < -0.3 is 15.2 Å². The molecule has 1 atom stereocenters. The third kappa shape index (κ3) is 5.28. The Labute approximate surface area is 125 Å². The molecule has 1 fully saturated rings. The summed E-state index contributed by atoms with van der Waals surface area (Å²) in [5, 5.41) is 13.2. The Morgan fingerprint density at radius 3 is 2.48 bits per heavy atom. The highest BCUT2D eigenvalue weighted by Crippen LogP contribution is 2.16. The number of β-amino-alcohol motifs (C(OH)–C–C–N with tert-alkyl or cyclic N) is 1. The number of hydrogen-bond acceptors (Lipinski definition) is 6. The minimum atomic E-state index is -3.19.